The van der Waals surface area contributed by atoms with Crippen molar-refractivity contribution in [2.24, 2.45) is 0 Å². The molecule has 0 aromatic carbocycles. The van der Waals surface area contributed by atoms with Crippen LogP contribution in [0, 0.1) is 0 Å². The number of hydrogen-bond donors (Lipinski definition) is 1. The van der Waals surface area contributed by atoms with Gasteiger partial charge in [-0.1, -0.05) is 6.08 Å². The quantitative estimate of drug-likeness (QED) is 0.533. The maximum atomic E-state index is 11.9. The molecule has 0 spiro atoms. The SMILES string of the molecule is C=CCCCC(=O)N1CCCC1CNC. The fraction of sp³-hybridized carbons (Fsp3) is 0.750. The summed E-state index contributed by atoms with van der Waals surface area (Å²) in [6.45, 7) is 5.53. The zero-order valence-electron chi connectivity index (χ0n) is 9.67. The van der Waals surface area contributed by atoms with Gasteiger partial charge in [0.05, 0.1) is 0 Å². The number of hydrogen-bond acceptors (Lipinski definition) is 2. The molecule has 86 valence electrons. The van der Waals surface area contributed by atoms with Crippen molar-refractivity contribution in [3.8, 4) is 0 Å². The molecule has 1 heterocycles. The Kier molecular flexibility index (Phi) is 5.40. The number of carbonyl (C=O) groups is 1. The summed E-state index contributed by atoms with van der Waals surface area (Å²) in [4.78, 5) is 13.9. The second-order valence-corrected chi connectivity index (χ2v) is 4.12. The highest BCUT2D eigenvalue weighted by Crippen LogP contribution is 2.18. The van der Waals surface area contributed by atoms with Crippen LogP contribution >= 0.6 is 0 Å². The molecule has 1 rings (SSSR count). The third kappa shape index (κ3) is 3.67. The van der Waals surface area contributed by atoms with E-state index >= 15 is 0 Å². The summed E-state index contributed by atoms with van der Waals surface area (Å²) in [5.74, 6) is 0.314. The lowest BCUT2D eigenvalue weighted by molar-refractivity contribution is -0.132. The summed E-state index contributed by atoms with van der Waals surface area (Å²) in [5, 5.41) is 3.15. The van der Waals surface area contributed by atoms with Crippen LogP contribution in [0.3, 0.4) is 0 Å². The number of nitrogens with one attached hydrogen (secondary N) is 1. The second-order valence-electron chi connectivity index (χ2n) is 4.12. The van der Waals surface area contributed by atoms with Gasteiger partial charge < -0.3 is 10.2 Å². The van der Waals surface area contributed by atoms with E-state index in [-0.39, 0.29) is 0 Å². The monoisotopic (exact) mass is 210 g/mol. The van der Waals surface area contributed by atoms with Crippen LogP contribution in [-0.2, 0) is 4.79 Å². The molecular weight excluding hydrogens is 188 g/mol. The van der Waals surface area contributed by atoms with Gasteiger partial charge in [0, 0.05) is 25.6 Å². The average molecular weight is 210 g/mol. The number of unbranched alkanes of at least 4 members (excludes halogenated alkanes) is 1. The number of nitrogens with zero attached hydrogens (tertiary/aromatic N) is 1. The van der Waals surface area contributed by atoms with Crippen LogP contribution < -0.4 is 5.32 Å². The molecule has 0 saturated carbocycles. The van der Waals surface area contributed by atoms with Gasteiger partial charge in [0.25, 0.3) is 0 Å². The highest BCUT2D eigenvalue weighted by molar-refractivity contribution is 5.76. The molecule has 3 nitrogen and oxygen atoms in total. The molecule has 1 aliphatic heterocycles. The molecule has 1 atom stereocenters. The lowest BCUT2D eigenvalue weighted by Crippen LogP contribution is -2.40. The molecule has 0 radical (unpaired) electrons. The summed E-state index contributed by atoms with van der Waals surface area (Å²) < 4.78 is 0. The predicted octanol–water partition coefficient (Wildman–Crippen LogP) is 1.55. The zero-order valence-corrected chi connectivity index (χ0v) is 9.67. The topological polar surface area (TPSA) is 32.3 Å². The number of allylic oxidation sites excluding steroid dienone is 1. The van der Waals surface area contributed by atoms with Gasteiger partial charge in [-0.05, 0) is 32.7 Å². The maximum Gasteiger partial charge on any atom is 0.222 e. The summed E-state index contributed by atoms with van der Waals surface area (Å²) in [6, 6.07) is 0.422. The predicted molar refractivity (Wildman–Crippen MR) is 62.7 cm³/mol. The van der Waals surface area contributed by atoms with Crippen LogP contribution in [0.5, 0.6) is 0 Å². The Morgan fingerprint density at radius 2 is 2.47 bits per heavy atom. The number of likely N-dealkylation sites (N-methyl/N-ethyl adjacent to an activating group) is 1. The van der Waals surface area contributed by atoms with E-state index in [9.17, 15) is 4.79 Å². The highest BCUT2D eigenvalue weighted by Gasteiger charge is 2.27. The van der Waals surface area contributed by atoms with Gasteiger partial charge in [0.15, 0.2) is 0 Å². The van der Waals surface area contributed by atoms with Gasteiger partial charge in [-0.2, -0.15) is 0 Å². The van der Waals surface area contributed by atoms with Crippen LogP contribution in [0.15, 0.2) is 12.7 Å². The molecule has 1 saturated heterocycles. The Balaban J connectivity index is 2.33. The first kappa shape index (κ1) is 12.2. The fourth-order valence-electron chi connectivity index (χ4n) is 2.15. The van der Waals surface area contributed by atoms with Gasteiger partial charge in [-0.15, -0.1) is 6.58 Å². The molecular formula is C12H22N2O. The van der Waals surface area contributed by atoms with Crippen molar-refractivity contribution in [2.45, 2.75) is 38.1 Å². The van der Waals surface area contributed by atoms with Gasteiger partial charge in [-0.25, -0.2) is 0 Å². The van der Waals surface area contributed by atoms with E-state index in [0.29, 0.717) is 18.4 Å². The van der Waals surface area contributed by atoms with Crippen molar-refractivity contribution in [3.05, 3.63) is 12.7 Å². The van der Waals surface area contributed by atoms with E-state index in [1.165, 1.54) is 0 Å². The van der Waals surface area contributed by atoms with Crippen LogP contribution in [0.4, 0.5) is 0 Å². The van der Waals surface area contributed by atoms with E-state index in [1.54, 1.807) is 0 Å². The molecule has 0 bridgehead atoms. The summed E-state index contributed by atoms with van der Waals surface area (Å²) in [6.07, 6.45) is 6.73. The number of amides is 1. The number of carbonyl (C=O) groups excluding carboxylic acids is 1. The molecule has 15 heavy (non-hydrogen) atoms. The minimum Gasteiger partial charge on any atom is -0.338 e. The Labute approximate surface area is 92.5 Å². The number of likely N-dealkylation sites (tertiary alicyclic amines) is 1. The molecule has 0 aliphatic carbocycles. The van der Waals surface area contributed by atoms with E-state index in [0.717, 1.165) is 38.8 Å². The van der Waals surface area contributed by atoms with E-state index in [4.69, 9.17) is 0 Å². The first-order valence-corrected chi connectivity index (χ1v) is 5.84. The molecule has 0 aromatic rings. The van der Waals surface area contributed by atoms with Crippen molar-refractivity contribution in [2.75, 3.05) is 20.1 Å². The normalized spacial score (nSPS) is 20.6. The van der Waals surface area contributed by atoms with Crippen LogP contribution in [-0.4, -0.2) is 37.0 Å². The Morgan fingerprint density at radius 1 is 1.67 bits per heavy atom. The molecule has 1 aliphatic rings. The first-order valence-electron chi connectivity index (χ1n) is 5.84. The lowest BCUT2D eigenvalue weighted by atomic mass is 10.2. The van der Waals surface area contributed by atoms with Crippen molar-refractivity contribution >= 4 is 5.91 Å². The van der Waals surface area contributed by atoms with E-state index in [1.807, 2.05) is 18.0 Å². The third-order valence-corrected chi connectivity index (χ3v) is 2.94. The smallest absolute Gasteiger partial charge is 0.222 e. The van der Waals surface area contributed by atoms with Gasteiger partial charge >= 0.3 is 0 Å². The largest absolute Gasteiger partial charge is 0.338 e. The molecule has 1 fully saturated rings. The molecule has 1 amide bonds. The van der Waals surface area contributed by atoms with Crippen molar-refractivity contribution in [1.29, 1.82) is 0 Å². The highest BCUT2D eigenvalue weighted by atomic mass is 16.2. The lowest BCUT2D eigenvalue weighted by Gasteiger charge is -2.24. The van der Waals surface area contributed by atoms with E-state index in [2.05, 4.69) is 11.9 Å². The van der Waals surface area contributed by atoms with Crippen molar-refractivity contribution < 1.29 is 4.79 Å². The Hall–Kier alpha value is -0.830. The van der Waals surface area contributed by atoms with Gasteiger partial charge in [0.2, 0.25) is 5.91 Å². The maximum absolute atomic E-state index is 11.9. The van der Waals surface area contributed by atoms with E-state index < -0.39 is 0 Å². The van der Waals surface area contributed by atoms with Crippen molar-refractivity contribution in [3.63, 3.8) is 0 Å². The van der Waals surface area contributed by atoms with Crippen LogP contribution in [0.25, 0.3) is 0 Å². The minimum absolute atomic E-state index is 0.314. The standard InChI is InChI=1S/C12H22N2O/c1-3-4-5-8-12(15)14-9-6-7-11(14)10-13-2/h3,11,13H,1,4-10H2,2H3. The zero-order chi connectivity index (χ0) is 11.1. The first-order chi connectivity index (χ1) is 7.29. The van der Waals surface area contributed by atoms with Gasteiger partial charge in [-0.3, -0.25) is 4.79 Å². The summed E-state index contributed by atoms with van der Waals surface area (Å²) in [7, 11) is 1.94. The van der Waals surface area contributed by atoms with Crippen LogP contribution in [0.2, 0.25) is 0 Å². The molecule has 0 aromatic heterocycles. The Morgan fingerprint density at radius 3 is 3.13 bits per heavy atom. The average Bonchev–Trinajstić information content (AvgIpc) is 2.67. The summed E-state index contributed by atoms with van der Waals surface area (Å²) in [5.41, 5.74) is 0. The fourth-order valence-corrected chi connectivity index (χ4v) is 2.15. The second kappa shape index (κ2) is 6.62. The molecule has 3 heteroatoms. The third-order valence-electron chi connectivity index (χ3n) is 2.94. The Bertz CT molecular complexity index is 216. The van der Waals surface area contributed by atoms with Crippen LogP contribution in [0.1, 0.15) is 32.1 Å². The minimum atomic E-state index is 0.314. The van der Waals surface area contributed by atoms with Gasteiger partial charge in [0.1, 0.15) is 0 Å². The molecule has 1 unspecified atom stereocenters. The summed E-state index contributed by atoms with van der Waals surface area (Å²) >= 11 is 0. The number of rotatable bonds is 6. The molecule has 1 N–H and O–H groups in total. The van der Waals surface area contributed by atoms with Crippen molar-refractivity contribution in [1.82, 2.24) is 10.2 Å².